The summed E-state index contributed by atoms with van der Waals surface area (Å²) >= 11 is 0. The molecule has 2 rings (SSSR count). The van der Waals surface area contributed by atoms with E-state index in [0.29, 0.717) is 18.9 Å². The first-order valence-electron chi connectivity index (χ1n) is 4.74. The first-order chi connectivity index (χ1) is 6.77. The smallest absolute Gasteiger partial charge is 0.226 e. The van der Waals surface area contributed by atoms with Gasteiger partial charge in [-0.25, -0.2) is 9.97 Å². The molecule has 1 fully saturated rings. The Morgan fingerprint density at radius 1 is 1.43 bits per heavy atom. The SMILES string of the molecule is NC1CC(O)CCN1c1ncccn1. The lowest BCUT2D eigenvalue weighted by atomic mass is 10.1. The third-order valence-electron chi connectivity index (χ3n) is 2.43. The van der Waals surface area contributed by atoms with Gasteiger partial charge in [-0.05, 0) is 12.5 Å². The molecule has 1 aromatic rings. The van der Waals surface area contributed by atoms with Crippen molar-refractivity contribution in [1.82, 2.24) is 9.97 Å². The monoisotopic (exact) mass is 194 g/mol. The first-order valence-corrected chi connectivity index (χ1v) is 4.74. The Balaban J connectivity index is 2.12. The highest BCUT2D eigenvalue weighted by molar-refractivity contribution is 5.30. The molecule has 5 nitrogen and oxygen atoms in total. The van der Waals surface area contributed by atoms with Crippen LogP contribution in [0.3, 0.4) is 0 Å². The fourth-order valence-corrected chi connectivity index (χ4v) is 1.67. The van der Waals surface area contributed by atoms with Crippen molar-refractivity contribution < 1.29 is 5.11 Å². The number of anilines is 1. The quantitative estimate of drug-likeness (QED) is 0.643. The van der Waals surface area contributed by atoms with Crippen LogP contribution < -0.4 is 10.6 Å². The van der Waals surface area contributed by atoms with Crippen molar-refractivity contribution in [2.45, 2.75) is 25.1 Å². The molecule has 0 aliphatic carbocycles. The number of aliphatic hydroxyl groups excluding tert-OH is 1. The van der Waals surface area contributed by atoms with E-state index in [0.717, 1.165) is 6.42 Å². The van der Waals surface area contributed by atoms with Gasteiger partial charge >= 0.3 is 0 Å². The normalized spacial score (nSPS) is 27.7. The molecule has 0 bridgehead atoms. The van der Waals surface area contributed by atoms with Gasteiger partial charge in [0.05, 0.1) is 12.3 Å². The number of hydrogen-bond donors (Lipinski definition) is 2. The molecule has 1 aromatic heterocycles. The Morgan fingerprint density at radius 3 is 2.79 bits per heavy atom. The van der Waals surface area contributed by atoms with Gasteiger partial charge in [-0.2, -0.15) is 0 Å². The second kappa shape index (κ2) is 3.89. The molecule has 14 heavy (non-hydrogen) atoms. The van der Waals surface area contributed by atoms with E-state index in [1.807, 2.05) is 4.90 Å². The van der Waals surface area contributed by atoms with Gasteiger partial charge in [-0.3, -0.25) is 0 Å². The maximum Gasteiger partial charge on any atom is 0.226 e. The maximum atomic E-state index is 9.40. The van der Waals surface area contributed by atoms with Crippen LogP contribution >= 0.6 is 0 Å². The third kappa shape index (κ3) is 1.83. The van der Waals surface area contributed by atoms with Crippen LogP contribution in [0.2, 0.25) is 0 Å². The van der Waals surface area contributed by atoms with E-state index in [1.54, 1.807) is 18.5 Å². The van der Waals surface area contributed by atoms with E-state index < -0.39 is 0 Å². The van der Waals surface area contributed by atoms with Crippen LogP contribution in [0, 0.1) is 0 Å². The average Bonchev–Trinajstić information content (AvgIpc) is 2.19. The molecular weight excluding hydrogens is 180 g/mol. The van der Waals surface area contributed by atoms with Crippen LogP contribution in [0.5, 0.6) is 0 Å². The Bertz CT molecular complexity index is 292. The van der Waals surface area contributed by atoms with Gasteiger partial charge in [0.2, 0.25) is 5.95 Å². The van der Waals surface area contributed by atoms with E-state index in [-0.39, 0.29) is 12.3 Å². The minimum Gasteiger partial charge on any atom is -0.393 e. The molecule has 0 radical (unpaired) electrons. The van der Waals surface area contributed by atoms with Gasteiger partial charge < -0.3 is 15.7 Å². The Labute approximate surface area is 82.6 Å². The van der Waals surface area contributed by atoms with Crippen LogP contribution in [0.25, 0.3) is 0 Å². The van der Waals surface area contributed by atoms with Crippen molar-refractivity contribution in [2.75, 3.05) is 11.4 Å². The Morgan fingerprint density at radius 2 is 2.14 bits per heavy atom. The van der Waals surface area contributed by atoms with Crippen molar-refractivity contribution in [2.24, 2.45) is 5.73 Å². The van der Waals surface area contributed by atoms with E-state index in [1.165, 1.54) is 0 Å². The standard InChI is InChI=1S/C9H14N4O/c10-8-6-7(14)2-5-13(8)9-11-3-1-4-12-9/h1,3-4,7-8,14H,2,5-6,10H2. The van der Waals surface area contributed by atoms with E-state index in [4.69, 9.17) is 5.73 Å². The lowest BCUT2D eigenvalue weighted by molar-refractivity contribution is 0.128. The number of piperidine rings is 1. The van der Waals surface area contributed by atoms with Crippen molar-refractivity contribution in [3.63, 3.8) is 0 Å². The highest BCUT2D eigenvalue weighted by Crippen LogP contribution is 2.18. The second-order valence-corrected chi connectivity index (χ2v) is 3.49. The van der Waals surface area contributed by atoms with Gasteiger partial charge in [0.1, 0.15) is 0 Å². The number of aromatic nitrogens is 2. The van der Waals surface area contributed by atoms with Crippen LogP contribution in [-0.2, 0) is 0 Å². The molecule has 76 valence electrons. The molecule has 0 saturated carbocycles. The zero-order valence-corrected chi connectivity index (χ0v) is 7.87. The highest BCUT2D eigenvalue weighted by atomic mass is 16.3. The summed E-state index contributed by atoms with van der Waals surface area (Å²) in [5.74, 6) is 0.645. The molecule has 5 heteroatoms. The van der Waals surface area contributed by atoms with Gasteiger partial charge in [0.25, 0.3) is 0 Å². The van der Waals surface area contributed by atoms with Crippen molar-refractivity contribution in [1.29, 1.82) is 0 Å². The van der Waals surface area contributed by atoms with Crippen LogP contribution in [0.4, 0.5) is 5.95 Å². The lowest BCUT2D eigenvalue weighted by Crippen LogP contribution is -2.50. The Hall–Kier alpha value is -1.20. The van der Waals surface area contributed by atoms with Gasteiger partial charge in [0.15, 0.2) is 0 Å². The van der Waals surface area contributed by atoms with E-state index >= 15 is 0 Å². The third-order valence-corrected chi connectivity index (χ3v) is 2.43. The molecule has 1 saturated heterocycles. The first kappa shape index (κ1) is 9.36. The van der Waals surface area contributed by atoms with Crippen molar-refractivity contribution in [3.8, 4) is 0 Å². The molecule has 2 heterocycles. The molecule has 1 aliphatic rings. The molecule has 0 spiro atoms. The summed E-state index contributed by atoms with van der Waals surface area (Å²) in [4.78, 5) is 10.2. The molecule has 0 amide bonds. The molecular formula is C9H14N4O. The fraction of sp³-hybridized carbons (Fsp3) is 0.556. The summed E-state index contributed by atoms with van der Waals surface area (Å²) in [5, 5.41) is 9.40. The van der Waals surface area contributed by atoms with Crippen LogP contribution in [0.1, 0.15) is 12.8 Å². The summed E-state index contributed by atoms with van der Waals surface area (Å²) in [6.45, 7) is 0.715. The number of hydrogen-bond acceptors (Lipinski definition) is 5. The summed E-state index contributed by atoms with van der Waals surface area (Å²) in [6.07, 6.45) is 4.23. The van der Waals surface area contributed by atoms with Crippen molar-refractivity contribution in [3.05, 3.63) is 18.5 Å². The zero-order chi connectivity index (χ0) is 9.97. The van der Waals surface area contributed by atoms with Crippen LogP contribution in [0.15, 0.2) is 18.5 Å². The Kier molecular flexibility index (Phi) is 2.60. The molecule has 3 N–H and O–H groups in total. The minimum absolute atomic E-state index is 0.179. The molecule has 2 unspecified atom stereocenters. The predicted molar refractivity (Wildman–Crippen MR) is 52.6 cm³/mol. The lowest BCUT2D eigenvalue weighted by Gasteiger charge is -2.35. The molecule has 2 atom stereocenters. The fourth-order valence-electron chi connectivity index (χ4n) is 1.67. The molecule has 1 aliphatic heterocycles. The maximum absolute atomic E-state index is 9.40. The zero-order valence-electron chi connectivity index (χ0n) is 7.87. The van der Waals surface area contributed by atoms with E-state index in [9.17, 15) is 5.11 Å². The number of rotatable bonds is 1. The highest BCUT2D eigenvalue weighted by Gasteiger charge is 2.25. The van der Waals surface area contributed by atoms with E-state index in [2.05, 4.69) is 9.97 Å². The second-order valence-electron chi connectivity index (χ2n) is 3.49. The van der Waals surface area contributed by atoms with Gasteiger partial charge in [-0.15, -0.1) is 0 Å². The van der Waals surface area contributed by atoms with Gasteiger partial charge in [-0.1, -0.05) is 0 Å². The summed E-state index contributed by atoms with van der Waals surface area (Å²) in [7, 11) is 0. The number of aliphatic hydroxyl groups is 1. The van der Waals surface area contributed by atoms with Crippen molar-refractivity contribution >= 4 is 5.95 Å². The van der Waals surface area contributed by atoms with Crippen LogP contribution in [-0.4, -0.2) is 33.9 Å². The predicted octanol–water partition coefficient (Wildman–Crippen LogP) is -0.278. The summed E-state index contributed by atoms with van der Waals surface area (Å²) in [6, 6.07) is 1.77. The summed E-state index contributed by atoms with van der Waals surface area (Å²) < 4.78 is 0. The minimum atomic E-state index is -0.287. The van der Waals surface area contributed by atoms with Gasteiger partial charge in [0, 0.05) is 25.4 Å². The topological polar surface area (TPSA) is 75.3 Å². The number of nitrogens with two attached hydrogens (primary N) is 1. The largest absolute Gasteiger partial charge is 0.393 e. The average molecular weight is 194 g/mol. The summed E-state index contributed by atoms with van der Waals surface area (Å²) in [5.41, 5.74) is 5.89. The number of nitrogens with zero attached hydrogens (tertiary/aromatic N) is 3. The molecule has 0 aromatic carbocycles.